The van der Waals surface area contributed by atoms with Crippen molar-refractivity contribution >= 4 is 18.5 Å². The van der Waals surface area contributed by atoms with Crippen molar-refractivity contribution in [1.82, 2.24) is 0 Å². The fraction of sp³-hybridized carbons (Fsp3) is 0.818. The van der Waals surface area contributed by atoms with Gasteiger partial charge in [-0.2, -0.15) is 11.1 Å². The summed E-state index contributed by atoms with van der Waals surface area (Å²) in [5, 5.41) is 0. The number of fused-ring (bicyclic) bond motifs is 2. The Balaban J connectivity index is 1.81. The quantitative estimate of drug-likeness (QED) is 0.378. The van der Waals surface area contributed by atoms with Gasteiger partial charge in [0, 0.05) is 0 Å². The van der Waals surface area contributed by atoms with E-state index in [-0.39, 0.29) is 0 Å². The molecule has 2 aliphatic carbocycles. The van der Waals surface area contributed by atoms with Gasteiger partial charge < -0.3 is 0 Å². The van der Waals surface area contributed by atoms with Crippen LogP contribution in [-0.2, 0) is 0 Å². The van der Waals surface area contributed by atoms with Gasteiger partial charge in [-0.15, -0.1) is 0 Å². The van der Waals surface area contributed by atoms with Crippen LogP contribution in [0.15, 0.2) is 12.2 Å². The Bertz CT molecular complexity index is 217. The van der Waals surface area contributed by atoms with E-state index in [1.165, 1.54) is 25.3 Å². The molecule has 0 unspecified atom stereocenters. The van der Waals surface area contributed by atoms with Crippen molar-refractivity contribution in [3.05, 3.63) is 12.2 Å². The summed E-state index contributed by atoms with van der Waals surface area (Å²) in [5.74, 6) is 2.81. The number of hydrogen-bond donors (Lipinski definition) is 0. The Morgan fingerprint density at radius 3 is 2.54 bits per heavy atom. The molecule has 0 aliphatic heterocycles. The highest BCUT2D eigenvalue weighted by atomic mass is 35.6. The fourth-order valence-corrected chi connectivity index (χ4v) is 4.14. The number of rotatable bonds is 3. The maximum atomic E-state index is 6.33. The summed E-state index contributed by atoms with van der Waals surface area (Å²) in [6, 6.07) is 1.30. The summed E-state index contributed by atoms with van der Waals surface area (Å²) in [6.45, 7) is 4.52. The van der Waals surface area contributed by atoms with Crippen LogP contribution in [0.2, 0.25) is 19.1 Å². The van der Waals surface area contributed by atoms with Gasteiger partial charge in [-0.3, -0.25) is 0 Å². The highest BCUT2D eigenvalue weighted by Gasteiger charge is 2.36. The standard InChI is InChI=1S/C11H19ClSi/c1-13(2,12)6-5-11-8-9-3-4-10(11)7-9/h3-4,9-11H,5-8H2,1-2H3/t9-,10-,11-/m0/s1. The van der Waals surface area contributed by atoms with Crippen LogP contribution < -0.4 is 0 Å². The molecule has 74 valence electrons. The molecule has 0 aromatic carbocycles. The van der Waals surface area contributed by atoms with Gasteiger partial charge in [0.05, 0.1) is 0 Å². The molecule has 13 heavy (non-hydrogen) atoms. The topological polar surface area (TPSA) is 0 Å². The van der Waals surface area contributed by atoms with E-state index >= 15 is 0 Å². The maximum absolute atomic E-state index is 6.33. The van der Waals surface area contributed by atoms with Gasteiger partial charge >= 0.3 is 0 Å². The summed E-state index contributed by atoms with van der Waals surface area (Å²) in [6.07, 6.45) is 9.14. The normalized spacial score (nSPS) is 37.3. The molecule has 0 aromatic heterocycles. The van der Waals surface area contributed by atoms with E-state index in [1.54, 1.807) is 0 Å². The zero-order valence-corrected chi connectivity index (χ0v) is 10.3. The van der Waals surface area contributed by atoms with Gasteiger partial charge in [0.15, 0.2) is 7.38 Å². The van der Waals surface area contributed by atoms with E-state index in [0.29, 0.717) is 0 Å². The zero-order valence-electron chi connectivity index (χ0n) is 8.59. The van der Waals surface area contributed by atoms with Gasteiger partial charge in [-0.05, 0) is 36.6 Å². The lowest BCUT2D eigenvalue weighted by Crippen LogP contribution is -2.18. The maximum Gasteiger partial charge on any atom is 0.150 e. The van der Waals surface area contributed by atoms with Crippen LogP contribution in [0.1, 0.15) is 19.3 Å². The summed E-state index contributed by atoms with van der Waals surface area (Å²) < 4.78 is 0. The van der Waals surface area contributed by atoms with Crippen molar-refractivity contribution in [3.63, 3.8) is 0 Å². The van der Waals surface area contributed by atoms with Gasteiger partial charge in [0.1, 0.15) is 0 Å². The van der Waals surface area contributed by atoms with Crippen LogP contribution in [0, 0.1) is 17.8 Å². The SMILES string of the molecule is C[Si](C)(Cl)CC[C@H]1C[C@H]2C=C[C@H]1C2. The smallest absolute Gasteiger partial charge is 0.150 e. The van der Waals surface area contributed by atoms with Crippen molar-refractivity contribution < 1.29 is 0 Å². The average Bonchev–Trinajstić information content (AvgIpc) is 2.58. The van der Waals surface area contributed by atoms with E-state index in [2.05, 4.69) is 25.2 Å². The Morgan fingerprint density at radius 1 is 1.31 bits per heavy atom. The summed E-state index contributed by atoms with van der Waals surface area (Å²) in [4.78, 5) is 0. The van der Waals surface area contributed by atoms with Gasteiger partial charge in [-0.1, -0.05) is 31.7 Å². The molecule has 2 aliphatic rings. The molecule has 0 radical (unpaired) electrons. The van der Waals surface area contributed by atoms with E-state index < -0.39 is 7.38 Å². The molecule has 0 nitrogen and oxygen atoms in total. The van der Waals surface area contributed by atoms with Crippen molar-refractivity contribution in [2.24, 2.45) is 17.8 Å². The monoisotopic (exact) mass is 214 g/mol. The third-order valence-electron chi connectivity index (χ3n) is 3.53. The largest absolute Gasteiger partial charge is 0.168 e. The molecule has 2 rings (SSSR count). The highest BCUT2D eigenvalue weighted by molar-refractivity contribution is 7.19. The number of allylic oxidation sites excluding steroid dienone is 2. The lowest BCUT2D eigenvalue weighted by atomic mass is 9.91. The zero-order chi connectivity index (χ0) is 9.47. The van der Waals surface area contributed by atoms with Crippen LogP contribution in [0.5, 0.6) is 0 Å². The lowest BCUT2D eigenvalue weighted by molar-refractivity contribution is 0.433. The van der Waals surface area contributed by atoms with E-state index in [4.69, 9.17) is 11.1 Å². The molecule has 1 saturated carbocycles. The molecular formula is C11H19ClSi. The predicted octanol–water partition coefficient (Wildman–Crippen LogP) is 4.03. The van der Waals surface area contributed by atoms with Crippen molar-refractivity contribution in [1.29, 1.82) is 0 Å². The van der Waals surface area contributed by atoms with E-state index in [1.807, 2.05) is 0 Å². The van der Waals surface area contributed by atoms with E-state index in [9.17, 15) is 0 Å². The predicted molar refractivity (Wildman–Crippen MR) is 61.6 cm³/mol. The van der Waals surface area contributed by atoms with Crippen LogP contribution >= 0.6 is 11.1 Å². The van der Waals surface area contributed by atoms with Gasteiger partial charge in [0.25, 0.3) is 0 Å². The number of hydrogen-bond acceptors (Lipinski definition) is 0. The molecule has 1 fully saturated rings. The Hall–Kier alpha value is 0.247. The summed E-state index contributed by atoms with van der Waals surface area (Å²) in [5.41, 5.74) is 0. The molecule has 0 saturated heterocycles. The average molecular weight is 215 g/mol. The first-order valence-electron chi connectivity index (χ1n) is 5.42. The van der Waals surface area contributed by atoms with Gasteiger partial charge in [-0.25, -0.2) is 0 Å². The third kappa shape index (κ3) is 2.38. The second-order valence-corrected chi connectivity index (χ2v) is 12.3. The Kier molecular flexibility index (Phi) is 2.58. The molecule has 0 N–H and O–H groups in total. The Morgan fingerprint density at radius 2 is 2.08 bits per heavy atom. The molecule has 0 amide bonds. The van der Waals surface area contributed by atoms with Crippen LogP contribution in [0.4, 0.5) is 0 Å². The van der Waals surface area contributed by atoms with Crippen molar-refractivity contribution in [2.45, 2.75) is 38.4 Å². The van der Waals surface area contributed by atoms with Gasteiger partial charge in [0.2, 0.25) is 0 Å². The first-order chi connectivity index (χ1) is 6.04. The summed E-state index contributed by atoms with van der Waals surface area (Å²) >= 11 is 6.33. The van der Waals surface area contributed by atoms with Crippen molar-refractivity contribution in [3.8, 4) is 0 Å². The minimum absolute atomic E-state index is 0.915. The van der Waals surface area contributed by atoms with Crippen LogP contribution in [0.25, 0.3) is 0 Å². The summed E-state index contributed by atoms with van der Waals surface area (Å²) in [7, 11) is -1.30. The second-order valence-electron chi connectivity index (χ2n) is 5.30. The lowest BCUT2D eigenvalue weighted by Gasteiger charge is -2.21. The second kappa shape index (κ2) is 3.43. The Labute approximate surface area is 87.1 Å². The highest BCUT2D eigenvalue weighted by Crippen LogP contribution is 2.46. The number of halogens is 1. The first kappa shape index (κ1) is 9.79. The molecule has 0 spiro atoms. The molecule has 3 atom stereocenters. The fourth-order valence-electron chi connectivity index (χ4n) is 2.76. The molecule has 0 heterocycles. The molecule has 2 heteroatoms. The minimum Gasteiger partial charge on any atom is -0.168 e. The van der Waals surface area contributed by atoms with Crippen LogP contribution in [0.3, 0.4) is 0 Å². The van der Waals surface area contributed by atoms with Crippen LogP contribution in [-0.4, -0.2) is 7.38 Å². The third-order valence-corrected chi connectivity index (χ3v) is 5.57. The molecule has 0 aromatic rings. The molecular weight excluding hydrogens is 196 g/mol. The van der Waals surface area contributed by atoms with E-state index in [0.717, 1.165) is 17.8 Å². The minimum atomic E-state index is -1.30. The molecule has 2 bridgehead atoms. The van der Waals surface area contributed by atoms with Crippen molar-refractivity contribution in [2.75, 3.05) is 0 Å². The first-order valence-corrected chi connectivity index (χ1v) is 9.64.